The van der Waals surface area contributed by atoms with Gasteiger partial charge in [-0.3, -0.25) is 0 Å². The molecule has 0 atom stereocenters. The van der Waals surface area contributed by atoms with E-state index in [9.17, 15) is 0 Å². The SMILES string of the molecule is N#CC(Cl)=Cc1cccs1. The minimum atomic E-state index is 0.224. The van der Waals surface area contributed by atoms with Crippen molar-refractivity contribution < 1.29 is 0 Å². The molecule has 0 aliphatic rings. The van der Waals surface area contributed by atoms with Crippen molar-refractivity contribution in [2.75, 3.05) is 0 Å². The van der Waals surface area contributed by atoms with E-state index in [0.29, 0.717) is 0 Å². The molecule has 0 amide bonds. The summed E-state index contributed by atoms with van der Waals surface area (Å²) in [7, 11) is 0. The zero-order valence-electron chi connectivity index (χ0n) is 5.04. The van der Waals surface area contributed by atoms with Crippen LogP contribution in [-0.2, 0) is 0 Å². The van der Waals surface area contributed by atoms with Crippen LogP contribution < -0.4 is 0 Å². The van der Waals surface area contributed by atoms with Crippen LogP contribution in [0.3, 0.4) is 0 Å². The summed E-state index contributed by atoms with van der Waals surface area (Å²) in [5.41, 5.74) is 0. The van der Waals surface area contributed by atoms with Gasteiger partial charge in [0.15, 0.2) is 0 Å². The van der Waals surface area contributed by atoms with Crippen LogP contribution >= 0.6 is 22.9 Å². The van der Waals surface area contributed by atoms with Gasteiger partial charge in [-0.2, -0.15) is 5.26 Å². The minimum Gasteiger partial charge on any atom is -0.191 e. The number of rotatable bonds is 1. The van der Waals surface area contributed by atoms with Crippen LogP contribution in [0.1, 0.15) is 4.88 Å². The molecule has 0 aromatic carbocycles. The molecule has 0 N–H and O–H groups in total. The Bertz CT molecular complexity index is 268. The Labute approximate surface area is 68.2 Å². The Morgan fingerprint density at radius 2 is 2.60 bits per heavy atom. The lowest BCUT2D eigenvalue weighted by Gasteiger charge is -1.79. The van der Waals surface area contributed by atoms with E-state index in [1.165, 1.54) is 0 Å². The maximum absolute atomic E-state index is 8.29. The van der Waals surface area contributed by atoms with Crippen LogP contribution in [-0.4, -0.2) is 0 Å². The van der Waals surface area contributed by atoms with Crippen LogP contribution in [0.2, 0.25) is 0 Å². The van der Waals surface area contributed by atoms with Crippen molar-refractivity contribution in [1.82, 2.24) is 0 Å². The summed E-state index contributed by atoms with van der Waals surface area (Å²) in [5.74, 6) is 0. The fraction of sp³-hybridized carbons (Fsp3) is 0. The predicted molar refractivity (Wildman–Crippen MR) is 43.8 cm³/mol. The highest BCUT2D eigenvalue weighted by molar-refractivity contribution is 7.10. The zero-order valence-corrected chi connectivity index (χ0v) is 6.62. The standard InChI is InChI=1S/C7H4ClNS/c8-6(5-9)4-7-2-1-3-10-7/h1-4H. The van der Waals surface area contributed by atoms with Crippen molar-refractivity contribution in [1.29, 1.82) is 5.26 Å². The van der Waals surface area contributed by atoms with E-state index in [1.54, 1.807) is 17.4 Å². The van der Waals surface area contributed by atoms with E-state index < -0.39 is 0 Å². The number of hydrogen-bond donors (Lipinski definition) is 0. The van der Waals surface area contributed by atoms with Gasteiger partial charge in [0, 0.05) is 4.88 Å². The third kappa shape index (κ3) is 1.87. The van der Waals surface area contributed by atoms with Gasteiger partial charge in [0.2, 0.25) is 0 Å². The van der Waals surface area contributed by atoms with Gasteiger partial charge in [-0.25, -0.2) is 0 Å². The summed E-state index contributed by atoms with van der Waals surface area (Å²) in [6.07, 6.45) is 1.65. The van der Waals surface area contributed by atoms with Crippen LogP contribution in [0.5, 0.6) is 0 Å². The summed E-state index contributed by atoms with van der Waals surface area (Å²) in [6.45, 7) is 0. The first kappa shape index (κ1) is 7.33. The molecule has 50 valence electrons. The molecule has 1 aromatic rings. The molecule has 0 radical (unpaired) electrons. The second kappa shape index (κ2) is 3.40. The first-order valence-corrected chi connectivity index (χ1v) is 3.89. The summed E-state index contributed by atoms with van der Waals surface area (Å²) in [5, 5.41) is 10.5. The summed E-state index contributed by atoms with van der Waals surface area (Å²) in [6, 6.07) is 5.66. The first-order chi connectivity index (χ1) is 4.83. The van der Waals surface area contributed by atoms with Gasteiger partial charge < -0.3 is 0 Å². The van der Waals surface area contributed by atoms with Crippen molar-refractivity contribution in [2.45, 2.75) is 0 Å². The van der Waals surface area contributed by atoms with Gasteiger partial charge in [-0.15, -0.1) is 11.3 Å². The average Bonchev–Trinajstić information content (AvgIpc) is 2.40. The molecule has 0 spiro atoms. The Hall–Kier alpha value is -0.780. The van der Waals surface area contributed by atoms with Gasteiger partial charge in [-0.05, 0) is 17.5 Å². The molecular formula is C7H4ClNS. The summed E-state index contributed by atoms with van der Waals surface area (Å²) in [4.78, 5) is 1.01. The average molecular weight is 170 g/mol. The Morgan fingerprint density at radius 1 is 1.80 bits per heavy atom. The first-order valence-electron chi connectivity index (χ1n) is 2.64. The van der Waals surface area contributed by atoms with Gasteiger partial charge in [-0.1, -0.05) is 17.7 Å². The minimum absolute atomic E-state index is 0.224. The van der Waals surface area contributed by atoms with Crippen LogP contribution in [0.25, 0.3) is 6.08 Å². The lowest BCUT2D eigenvalue weighted by Crippen LogP contribution is -1.60. The third-order valence-electron chi connectivity index (χ3n) is 0.919. The maximum atomic E-state index is 8.29. The lowest BCUT2D eigenvalue weighted by atomic mass is 10.4. The molecule has 1 heterocycles. The van der Waals surface area contributed by atoms with E-state index in [2.05, 4.69) is 0 Å². The molecule has 10 heavy (non-hydrogen) atoms. The Kier molecular flexibility index (Phi) is 2.49. The monoisotopic (exact) mass is 169 g/mol. The molecule has 0 fully saturated rings. The third-order valence-corrected chi connectivity index (χ3v) is 1.93. The van der Waals surface area contributed by atoms with Gasteiger partial charge in [0.25, 0.3) is 0 Å². The topological polar surface area (TPSA) is 23.8 Å². The molecule has 1 rings (SSSR count). The number of allylic oxidation sites excluding steroid dienone is 1. The van der Waals surface area contributed by atoms with E-state index in [4.69, 9.17) is 16.9 Å². The Balaban J connectivity index is 2.83. The molecule has 0 bridgehead atoms. The predicted octanol–water partition coefficient (Wildman–Crippen LogP) is 2.85. The van der Waals surface area contributed by atoms with Crippen LogP contribution in [0.4, 0.5) is 0 Å². The fourth-order valence-corrected chi connectivity index (χ4v) is 1.37. The van der Waals surface area contributed by atoms with E-state index in [1.807, 2.05) is 23.6 Å². The second-order valence-electron chi connectivity index (χ2n) is 1.62. The largest absolute Gasteiger partial charge is 0.191 e. The van der Waals surface area contributed by atoms with Crippen LogP contribution in [0, 0.1) is 11.3 Å². The van der Waals surface area contributed by atoms with Crippen molar-refractivity contribution in [2.24, 2.45) is 0 Å². The van der Waals surface area contributed by atoms with E-state index in [-0.39, 0.29) is 5.03 Å². The Morgan fingerprint density at radius 3 is 3.10 bits per heavy atom. The highest BCUT2D eigenvalue weighted by Gasteiger charge is 1.89. The van der Waals surface area contributed by atoms with Gasteiger partial charge >= 0.3 is 0 Å². The quantitative estimate of drug-likeness (QED) is 0.593. The number of hydrogen-bond acceptors (Lipinski definition) is 2. The summed E-state index contributed by atoms with van der Waals surface area (Å²) >= 11 is 7.02. The second-order valence-corrected chi connectivity index (χ2v) is 3.01. The molecule has 0 saturated carbocycles. The molecule has 0 aliphatic heterocycles. The van der Waals surface area contributed by atoms with E-state index in [0.717, 1.165) is 4.88 Å². The fourth-order valence-electron chi connectivity index (χ4n) is 0.531. The van der Waals surface area contributed by atoms with Gasteiger partial charge in [0.05, 0.1) is 0 Å². The normalized spacial score (nSPS) is 11.0. The van der Waals surface area contributed by atoms with Crippen molar-refractivity contribution >= 4 is 29.0 Å². The van der Waals surface area contributed by atoms with E-state index >= 15 is 0 Å². The highest BCUT2D eigenvalue weighted by Crippen LogP contribution is 2.14. The summed E-state index contributed by atoms with van der Waals surface area (Å²) < 4.78 is 0. The van der Waals surface area contributed by atoms with Crippen molar-refractivity contribution in [3.63, 3.8) is 0 Å². The van der Waals surface area contributed by atoms with Crippen LogP contribution in [0.15, 0.2) is 22.5 Å². The number of halogens is 1. The number of nitrogens with zero attached hydrogens (tertiary/aromatic N) is 1. The maximum Gasteiger partial charge on any atom is 0.119 e. The molecule has 0 aliphatic carbocycles. The number of nitriles is 1. The molecule has 1 nitrogen and oxygen atoms in total. The molecular weight excluding hydrogens is 166 g/mol. The molecule has 0 unspecified atom stereocenters. The lowest BCUT2D eigenvalue weighted by molar-refractivity contribution is 1.53. The zero-order chi connectivity index (χ0) is 7.40. The number of thiophene rings is 1. The molecule has 3 heteroatoms. The molecule has 1 aromatic heterocycles. The highest BCUT2D eigenvalue weighted by atomic mass is 35.5. The van der Waals surface area contributed by atoms with Gasteiger partial charge in [0.1, 0.15) is 11.1 Å². The van der Waals surface area contributed by atoms with Crippen molar-refractivity contribution in [3.05, 3.63) is 27.4 Å². The van der Waals surface area contributed by atoms with Crippen molar-refractivity contribution in [3.8, 4) is 6.07 Å². The smallest absolute Gasteiger partial charge is 0.119 e. The molecule has 0 saturated heterocycles.